The van der Waals surface area contributed by atoms with E-state index in [1.807, 2.05) is 0 Å². The Kier molecular flexibility index (Phi) is 3.24. The lowest BCUT2D eigenvalue weighted by Gasteiger charge is -2.02. The summed E-state index contributed by atoms with van der Waals surface area (Å²) in [7, 11) is 0. The van der Waals surface area contributed by atoms with Crippen LogP contribution in [0.2, 0.25) is 0 Å². The largest absolute Gasteiger partial charge is 0.478 e. The highest BCUT2D eigenvalue weighted by atomic mass is 16.4. The van der Waals surface area contributed by atoms with E-state index in [-0.39, 0.29) is 0 Å². The molecule has 78 valence electrons. The Morgan fingerprint density at radius 3 is 2.64 bits per heavy atom. The summed E-state index contributed by atoms with van der Waals surface area (Å²) >= 11 is 0. The fraction of sp³-hybridized carbons (Fsp3) is 0.556. The topological polar surface area (TPSA) is 81.1 Å². The van der Waals surface area contributed by atoms with Crippen LogP contribution in [-0.4, -0.2) is 27.4 Å². The highest BCUT2D eigenvalue weighted by Crippen LogP contribution is 2.12. The van der Waals surface area contributed by atoms with Gasteiger partial charge >= 0.3 is 5.97 Å². The molecule has 0 amide bonds. The van der Waals surface area contributed by atoms with Gasteiger partial charge in [0.2, 0.25) is 0 Å². The van der Waals surface area contributed by atoms with Gasteiger partial charge in [0.25, 0.3) is 0 Å². The molecule has 1 heterocycles. The van der Waals surface area contributed by atoms with Gasteiger partial charge in [-0.05, 0) is 26.8 Å². The molecule has 0 aliphatic heterocycles. The second kappa shape index (κ2) is 4.23. The maximum absolute atomic E-state index is 10.9. The molecule has 0 aromatic carbocycles. The molecule has 0 bridgehead atoms. The number of carboxylic acids is 1. The smallest absolute Gasteiger partial charge is 0.339 e. The van der Waals surface area contributed by atoms with E-state index >= 15 is 0 Å². The quantitative estimate of drug-likeness (QED) is 0.738. The molecule has 0 saturated heterocycles. The number of carboxylic acid groups (broad SMARTS) is 1. The van der Waals surface area contributed by atoms with Gasteiger partial charge in [-0.2, -0.15) is 5.10 Å². The molecule has 1 aromatic heterocycles. The summed E-state index contributed by atoms with van der Waals surface area (Å²) in [5.74, 6) is -0.918. The zero-order valence-electron chi connectivity index (χ0n) is 8.45. The van der Waals surface area contributed by atoms with Gasteiger partial charge in [-0.1, -0.05) is 0 Å². The number of aromatic nitrogens is 2. The summed E-state index contributed by atoms with van der Waals surface area (Å²) in [4.78, 5) is 10.9. The van der Waals surface area contributed by atoms with Crippen LogP contribution < -0.4 is 5.73 Å². The Morgan fingerprint density at radius 1 is 1.57 bits per heavy atom. The van der Waals surface area contributed by atoms with Crippen molar-refractivity contribution in [2.75, 3.05) is 6.54 Å². The highest BCUT2D eigenvalue weighted by molar-refractivity contribution is 5.90. The molecular weight excluding hydrogens is 182 g/mol. The van der Waals surface area contributed by atoms with E-state index in [4.69, 9.17) is 10.8 Å². The molecule has 1 rings (SSSR count). The van der Waals surface area contributed by atoms with Crippen molar-refractivity contribution in [2.45, 2.75) is 26.8 Å². The normalized spacial score (nSPS) is 10.5. The molecule has 5 nitrogen and oxygen atoms in total. The third-order valence-electron chi connectivity index (χ3n) is 2.17. The molecule has 0 spiro atoms. The maximum Gasteiger partial charge on any atom is 0.339 e. The third kappa shape index (κ3) is 1.93. The van der Waals surface area contributed by atoms with Crippen LogP contribution in [0.25, 0.3) is 0 Å². The van der Waals surface area contributed by atoms with E-state index in [2.05, 4.69) is 5.10 Å². The van der Waals surface area contributed by atoms with Crippen LogP contribution in [-0.2, 0) is 6.54 Å². The number of nitrogens with zero attached hydrogens (tertiary/aromatic N) is 2. The van der Waals surface area contributed by atoms with E-state index < -0.39 is 5.97 Å². The van der Waals surface area contributed by atoms with Crippen LogP contribution in [0.5, 0.6) is 0 Å². The number of carbonyl (C=O) groups is 1. The van der Waals surface area contributed by atoms with Crippen molar-refractivity contribution in [3.8, 4) is 0 Å². The number of nitrogens with two attached hydrogens (primary N) is 1. The van der Waals surface area contributed by atoms with Crippen molar-refractivity contribution < 1.29 is 9.90 Å². The first-order valence-corrected chi connectivity index (χ1v) is 4.55. The van der Waals surface area contributed by atoms with Crippen molar-refractivity contribution in [1.29, 1.82) is 0 Å². The van der Waals surface area contributed by atoms with Gasteiger partial charge in [0.1, 0.15) is 5.56 Å². The van der Waals surface area contributed by atoms with Gasteiger partial charge in [-0.25, -0.2) is 4.79 Å². The predicted molar refractivity (Wildman–Crippen MR) is 52.3 cm³/mol. The highest BCUT2D eigenvalue weighted by Gasteiger charge is 2.16. The van der Waals surface area contributed by atoms with Crippen molar-refractivity contribution in [3.05, 3.63) is 17.0 Å². The zero-order valence-corrected chi connectivity index (χ0v) is 8.45. The number of aromatic carboxylic acids is 1. The SMILES string of the molecule is Cc1nn(CCCN)c(C)c1C(=O)O. The van der Waals surface area contributed by atoms with Crippen LogP contribution in [0.15, 0.2) is 0 Å². The molecule has 0 saturated carbocycles. The minimum Gasteiger partial charge on any atom is -0.478 e. The monoisotopic (exact) mass is 197 g/mol. The first-order chi connectivity index (χ1) is 6.57. The number of rotatable bonds is 4. The average molecular weight is 197 g/mol. The van der Waals surface area contributed by atoms with Gasteiger partial charge in [0.15, 0.2) is 0 Å². The van der Waals surface area contributed by atoms with Crippen molar-refractivity contribution in [3.63, 3.8) is 0 Å². The van der Waals surface area contributed by atoms with Crippen LogP contribution >= 0.6 is 0 Å². The molecule has 14 heavy (non-hydrogen) atoms. The predicted octanol–water partition coefficient (Wildman–Crippen LogP) is 0.547. The summed E-state index contributed by atoms with van der Waals surface area (Å²) in [6.45, 7) is 4.73. The minimum atomic E-state index is -0.918. The zero-order chi connectivity index (χ0) is 10.7. The lowest BCUT2D eigenvalue weighted by molar-refractivity contribution is 0.0695. The Hall–Kier alpha value is -1.36. The molecule has 3 N–H and O–H groups in total. The van der Waals surface area contributed by atoms with Gasteiger partial charge < -0.3 is 10.8 Å². The molecule has 0 unspecified atom stereocenters. The maximum atomic E-state index is 10.9. The second-order valence-electron chi connectivity index (χ2n) is 3.22. The third-order valence-corrected chi connectivity index (χ3v) is 2.17. The first kappa shape index (κ1) is 10.7. The second-order valence-corrected chi connectivity index (χ2v) is 3.22. The van der Waals surface area contributed by atoms with Crippen LogP contribution in [0.4, 0.5) is 0 Å². The standard InChI is InChI=1S/C9H15N3O2/c1-6-8(9(13)14)7(2)12(11-6)5-3-4-10/h3-5,10H2,1-2H3,(H,13,14). The van der Waals surface area contributed by atoms with E-state index in [0.29, 0.717) is 30.0 Å². The molecular formula is C9H15N3O2. The molecule has 0 aliphatic rings. The fourth-order valence-corrected chi connectivity index (χ4v) is 1.47. The summed E-state index contributed by atoms with van der Waals surface area (Å²) < 4.78 is 1.70. The van der Waals surface area contributed by atoms with Crippen molar-refractivity contribution >= 4 is 5.97 Å². The van der Waals surface area contributed by atoms with Gasteiger partial charge in [-0.15, -0.1) is 0 Å². The fourth-order valence-electron chi connectivity index (χ4n) is 1.47. The summed E-state index contributed by atoms with van der Waals surface area (Å²) in [5, 5.41) is 13.1. The van der Waals surface area contributed by atoms with Crippen LogP contribution in [0.3, 0.4) is 0 Å². The Labute approximate surface area is 82.5 Å². The molecule has 0 fully saturated rings. The molecule has 0 radical (unpaired) electrons. The molecule has 5 heteroatoms. The Bertz CT molecular complexity index is 344. The summed E-state index contributed by atoms with van der Waals surface area (Å²) in [6.07, 6.45) is 0.807. The molecule has 1 aromatic rings. The van der Waals surface area contributed by atoms with E-state index in [1.54, 1.807) is 18.5 Å². The lowest BCUT2D eigenvalue weighted by atomic mass is 10.2. The van der Waals surface area contributed by atoms with Gasteiger partial charge in [0, 0.05) is 6.54 Å². The minimum absolute atomic E-state index is 0.307. The van der Waals surface area contributed by atoms with E-state index in [9.17, 15) is 4.79 Å². The number of hydrogen-bond acceptors (Lipinski definition) is 3. The van der Waals surface area contributed by atoms with Gasteiger partial charge in [0.05, 0.1) is 11.4 Å². The lowest BCUT2D eigenvalue weighted by Crippen LogP contribution is -2.09. The van der Waals surface area contributed by atoms with Crippen molar-refractivity contribution in [1.82, 2.24) is 9.78 Å². The van der Waals surface area contributed by atoms with Crippen molar-refractivity contribution in [2.24, 2.45) is 5.73 Å². The Balaban J connectivity index is 2.98. The van der Waals surface area contributed by atoms with E-state index in [0.717, 1.165) is 6.42 Å². The molecule has 0 atom stereocenters. The van der Waals surface area contributed by atoms with Gasteiger partial charge in [-0.3, -0.25) is 4.68 Å². The Morgan fingerprint density at radius 2 is 2.21 bits per heavy atom. The summed E-state index contributed by atoms with van der Waals surface area (Å²) in [5.41, 5.74) is 6.94. The van der Waals surface area contributed by atoms with Crippen LogP contribution in [0.1, 0.15) is 28.2 Å². The first-order valence-electron chi connectivity index (χ1n) is 4.55. The number of hydrogen-bond donors (Lipinski definition) is 2. The number of aryl methyl sites for hydroxylation is 2. The summed E-state index contributed by atoms with van der Waals surface area (Å²) in [6, 6.07) is 0. The molecule has 0 aliphatic carbocycles. The average Bonchev–Trinajstić information content (AvgIpc) is 2.38. The van der Waals surface area contributed by atoms with Crippen LogP contribution in [0, 0.1) is 13.8 Å². The van der Waals surface area contributed by atoms with E-state index in [1.165, 1.54) is 0 Å².